The van der Waals surface area contributed by atoms with Gasteiger partial charge in [0.2, 0.25) is 5.88 Å². The average molecular weight is 482 g/mol. The lowest BCUT2D eigenvalue weighted by Gasteiger charge is -2.25. The second-order valence-electron chi connectivity index (χ2n) is 8.11. The van der Waals surface area contributed by atoms with Crippen molar-refractivity contribution in [1.29, 1.82) is 0 Å². The molecule has 0 fully saturated rings. The molecule has 35 heavy (non-hydrogen) atoms. The van der Waals surface area contributed by atoms with E-state index in [0.29, 0.717) is 44.5 Å². The molecule has 0 radical (unpaired) electrons. The van der Waals surface area contributed by atoms with Crippen molar-refractivity contribution < 1.29 is 24.1 Å². The summed E-state index contributed by atoms with van der Waals surface area (Å²) in [6.07, 6.45) is 1.01. The fraction of sp³-hybridized carbons (Fsp3) is 0.370. The van der Waals surface area contributed by atoms with Gasteiger partial charge in [-0.2, -0.15) is 5.10 Å². The van der Waals surface area contributed by atoms with E-state index in [4.69, 9.17) is 24.0 Å². The van der Waals surface area contributed by atoms with Gasteiger partial charge in [-0.1, -0.05) is 36.4 Å². The van der Waals surface area contributed by atoms with Gasteiger partial charge in [0, 0.05) is 39.4 Å². The van der Waals surface area contributed by atoms with E-state index in [-0.39, 0.29) is 6.61 Å². The van der Waals surface area contributed by atoms with E-state index in [1.807, 2.05) is 61.6 Å². The summed E-state index contributed by atoms with van der Waals surface area (Å²) in [5.74, 6) is 2.07. The molecule has 0 saturated carbocycles. The summed E-state index contributed by atoms with van der Waals surface area (Å²) < 4.78 is 24.1. The molecule has 0 saturated heterocycles. The zero-order valence-electron chi connectivity index (χ0n) is 20.7. The zero-order valence-corrected chi connectivity index (χ0v) is 20.7. The summed E-state index contributed by atoms with van der Waals surface area (Å²) in [6, 6.07) is 17.4. The molecule has 2 aromatic carbocycles. The van der Waals surface area contributed by atoms with Crippen LogP contribution in [0.1, 0.15) is 5.56 Å². The molecule has 0 aliphatic heterocycles. The molecule has 1 aromatic heterocycles. The van der Waals surface area contributed by atoms with Crippen molar-refractivity contribution in [2.45, 2.75) is 12.6 Å². The second-order valence-corrected chi connectivity index (χ2v) is 8.11. The molecular weight excluding hydrogens is 446 g/mol. The Morgan fingerprint density at radius 2 is 1.80 bits per heavy atom. The van der Waals surface area contributed by atoms with E-state index in [9.17, 15) is 5.11 Å². The van der Waals surface area contributed by atoms with Gasteiger partial charge in [0.25, 0.3) is 0 Å². The lowest BCUT2D eigenvalue weighted by molar-refractivity contribution is 0.0193. The van der Waals surface area contributed by atoms with Crippen molar-refractivity contribution in [1.82, 2.24) is 14.7 Å². The van der Waals surface area contributed by atoms with Crippen LogP contribution in [0.3, 0.4) is 0 Å². The van der Waals surface area contributed by atoms with E-state index in [1.54, 1.807) is 25.0 Å². The minimum absolute atomic E-state index is 0.225. The number of hydrogen-bond acceptors (Lipinski definition) is 7. The number of aliphatic hydroxyl groups excluding tert-OH is 1. The predicted octanol–water partition coefficient (Wildman–Crippen LogP) is 3.90. The van der Waals surface area contributed by atoms with E-state index in [0.717, 1.165) is 22.6 Å². The van der Waals surface area contributed by atoms with Crippen LogP contribution in [0.15, 0.2) is 67.3 Å². The van der Waals surface area contributed by atoms with Crippen molar-refractivity contribution in [3.63, 3.8) is 0 Å². The molecule has 1 unspecified atom stereocenters. The van der Waals surface area contributed by atoms with Gasteiger partial charge in [0.15, 0.2) is 0 Å². The number of hydrogen-bond donors (Lipinski definition) is 1. The first-order valence-electron chi connectivity index (χ1n) is 11.6. The molecule has 8 heteroatoms. The van der Waals surface area contributed by atoms with Gasteiger partial charge in [0.05, 0.1) is 38.6 Å². The van der Waals surface area contributed by atoms with Crippen LogP contribution in [0.25, 0.3) is 11.3 Å². The molecule has 0 aliphatic carbocycles. The van der Waals surface area contributed by atoms with Crippen molar-refractivity contribution >= 4 is 0 Å². The molecule has 0 bridgehead atoms. The molecule has 0 spiro atoms. The van der Waals surface area contributed by atoms with Gasteiger partial charge in [-0.05, 0) is 24.3 Å². The third-order valence-electron chi connectivity index (χ3n) is 5.42. The standard InChI is InChI=1S/C27H35N3O5/c1-5-16-34-20-22(31)18-30(15-17-32-3)19-25-26(21-9-7-6-8-10-21)28-29(2)27(25)35-24-13-11-23(33-4)12-14-24/h5-14,22,31H,1,15-20H2,2-4H3. The number of aliphatic hydroxyl groups is 1. The fourth-order valence-electron chi connectivity index (χ4n) is 3.72. The topological polar surface area (TPSA) is 78.2 Å². The average Bonchev–Trinajstić information content (AvgIpc) is 3.18. The quantitative estimate of drug-likeness (QED) is 0.261. The zero-order chi connectivity index (χ0) is 25.0. The summed E-state index contributed by atoms with van der Waals surface area (Å²) in [5.41, 5.74) is 2.74. The Kier molecular flexibility index (Phi) is 10.3. The van der Waals surface area contributed by atoms with Crippen LogP contribution in [-0.4, -0.2) is 73.0 Å². The van der Waals surface area contributed by atoms with Gasteiger partial charge in [-0.15, -0.1) is 6.58 Å². The Morgan fingerprint density at radius 1 is 1.09 bits per heavy atom. The summed E-state index contributed by atoms with van der Waals surface area (Å²) in [4.78, 5) is 2.12. The molecule has 188 valence electrons. The highest BCUT2D eigenvalue weighted by molar-refractivity contribution is 5.65. The molecule has 1 heterocycles. The largest absolute Gasteiger partial charge is 0.497 e. The lowest BCUT2D eigenvalue weighted by Crippen LogP contribution is -2.36. The van der Waals surface area contributed by atoms with E-state index < -0.39 is 6.10 Å². The number of ether oxygens (including phenoxy) is 4. The fourth-order valence-corrected chi connectivity index (χ4v) is 3.72. The van der Waals surface area contributed by atoms with Gasteiger partial charge >= 0.3 is 0 Å². The first kappa shape index (κ1) is 26.4. The van der Waals surface area contributed by atoms with Crippen LogP contribution in [0.4, 0.5) is 0 Å². The van der Waals surface area contributed by atoms with Crippen LogP contribution in [0.2, 0.25) is 0 Å². The first-order valence-corrected chi connectivity index (χ1v) is 11.6. The molecule has 3 rings (SSSR count). The van der Waals surface area contributed by atoms with Crippen molar-refractivity contribution in [2.75, 3.05) is 47.1 Å². The van der Waals surface area contributed by atoms with E-state index in [2.05, 4.69) is 11.5 Å². The molecule has 0 aliphatic rings. The minimum Gasteiger partial charge on any atom is -0.497 e. The number of methoxy groups -OCH3 is 2. The van der Waals surface area contributed by atoms with Crippen LogP contribution < -0.4 is 9.47 Å². The van der Waals surface area contributed by atoms with Crippen molar-refractivity contribution in [3.8, 4) is 28.6 Å². The van der Waals surface area contributed by atoms with Crippen LogP contribution in [-0.2, 0) is 23.1 Å². The van der Waals surface area contributed by atoms with E-state index >= 15 is 0 Å². The maximum atomic E-state index is 10.6. The third-order valence-corrected chi connectivity index (χ3v) is 5.42. The Hall–Kier alpha value is -3.17. The number of benzene rings is 2. The first-order chi connectivity index (χ1) is 17.0. The second kappa shape index (κ2) is 13.7. The highest BCUT2D eigenvalue weighted by atomic mass is 16.5. The van der Waals surface area contributed by atoms with Crippen molar-refractivity contribution in [3.05, 3.63) is 72.8 Å². The molecule has 1 N–H and O–H groups in total. The summed E-state index contributed by atoms with van der Waals surface area (Å²) in [6.45, 7) is 6.33. The SMILES string of the molecule is C=CCOCC(O)CN(CCOC)Cc1c(-c2ccccc2)nn(C)c1Oc1ccc(OC)cc1. The molecular formula is C27H35N3O5. The summed E-state index contributed by atoms with van der Waals surface area (Å²) in [5, 5.41) is 15.4. The normalized spacial score (nSPS) is 12.0. The Balaban J connectivity index is 1.92. The Bertz CT molecular complexity index is 1040. The third kappa shape index (κ3) is 7.66. The number of aryl methyl sites for hydroxylation is 1. The molecule has 1 atom stereocenters. The van der Waals surface area contributed by atoms with Gasteiger partial charge in [-0.3, -0.25) is 4.90 Å². The smallest absolute Gasteiger partial charge is 0.222 e. The number of aromatic nitrogens is 2. The highest BCUT2D eigenvalue weighted by Crippen LogP contribution is 2.34. The van der Waals surface area contributed by atoms with Crippen molar-refractivity contribution in [2.24, 2.45) is 7.05 Å². The monoisotopic (exact) mass is 481 g/mol. The molecule has 0 amide bonds. The van der Waals surface area contributed by atoms with E-state index in [1.165, 1.54) is 0 Å². The summed E-state index contributed by atoms with van der Waals surface area (Å²) in [7, 11) is 5.17. The van der Waals surface area contributed by atoms with Gasteiger partial charge in [0.1, 0.15) is 17.2 Å². The lowest BCUT2D eigenvalue weighted by atomic mass is 10.1. The predicted molar refractivity (Wildman–Crippen MR) is 136 cm³/mol. The number of rotatable bonds is 15. The highest BCUT2D eigenvalue weighted by Gasteiger charge is 2.23. The van der Waals surface area contributed by atoms with Gasteiger partial charge in [-0.25, -0.2) is 4.68 Å². The maximum Gasteiger partial charge on any atom is 0.222 e. The van der Waals surface area contributed by atoms with Crippen LogP contribution in [0.5, 0.6) is 17.4 Å². The Morgan fingerprint density at radius 3 is 2.46 bits per heavy atom. The maximum absolute atomic E-state index is 10.6. The van der Waals surface area contributed by atoms with Crippen LogP contribution in [0, 0.1) is 0 Å². The Labute approximate surface area is 207 Å². The minimum atomic E-state index is -0.658. The molecule has 3 aromatic rings. The summed E-state index contributed by atoms with van der Waals surface area (Å²) >= 11 is 0. The molecule has 8 nitrogen and oxygen atoms in total. The van der Waals surface area contributed by atoms with Crippen LogP contribution >= 0.6 is 0 Å². The number of nitrogens with zero attached hydrogens (tertiary/aromatic N) is 3. The van der Waals surface area contributed by atoms with Gasteiger partial charge < -0.3 is 24.1 Å².